The number of nitriles is 1. The summed E-state index contributed by atoms with van der Waals surface area (Å²) in [5.74, 6) is 0.158. The standard InChI is InChI=1S/C12H12N2O2/c13-8-9-3-1-4-10(7-9)16-12(15)11-5-2-6-14-11/h1,3-4,7,11,14H,2,5-6H2/t11-/m0/s1. The Morgan fingerprint density at radius 1 is 1.56 bits per heavy atom. The lowest BCUT2D eigenvalue weighted by Gasteiger charge is -2.09. The van der Waals surface area contributed by atoms with Crippen LogP contribution >= 0.6 is 0 Å². The van der Waals surface area contributed by atoms with Crippen LogP contribution in [0.3, 0.4) is 0 Å². The van der Waals surface area contributed by atoms with Gasteiger partial charge in [-0.25, -0.2) is 4.79 Å². The molecule has 1 aliphatic rings. The average molecular weight is 216 g/mol. The van der Waals surface area contributed by atoms with Crippen molar-refractivity contribution in [2.24, 2.45) is 0 Å². The van der Waals surface area contributed by atoms with E-state index in [0.29, 0.717) is 11.3 Å². The van der Waals surface area contributed by atoms with E-state index in [1.54, 1.807) is 24.3 Å². The number of rotatable bonds is 2. The number of ether oxygens (including phenoxy) is 1. The van der Waals surface area contributed by atoms with Crippen molar-refractivity contribution in [1.82, 2.24) is 5.32 Å². The van der Waals surface area contributed by atoms with Crippen molar-refractivity contribution in [2.45, 2.75) is 18.9 Å². The second-order valence-electron chi connectivity index (χ2n) is 3.71. The van der Waals surface area contributed by atoms with Gasteiger partial charge in [-0.2, -0.15) is 5.26 Å². The summed E-state index contributed by atoms with van der Waals surface area (Å²) in [7, 11) is 0. The van der Waals surface area contributed by atoms with Crippen molar-refractivity contribution >= 4 is 5.97 Å². The maximum atomic E-state index is 11.6. The Morgan fingerprint density at radius 3 is 3.12 bits per heavy atom. The first kappa shape index (κ1) is 10.7. The normalized spacial score (nSPS) is 19.1. The minimum Gasteiger partial charge on any atom is -0.425 e. The lowest BCUT2D eigenvalue weighted by Crippen LogP contribution is -2.34. The number of hydrogen-bond donors (Lipinski definition) is 1. The van der Waals surface area contributed by atoms with E-state index in [-0.39, 0.29) is 12.0 Å². The molecule has 0 spiro atoms. The molecule has 0 bridgehead atoms. The summed E-state index contributed by atoms with van der Waals surface area (Å²) in [6, 6.07) is 8.41. The fourth-order valence-electron chi connectivity index (χ4n) is 1.70. The van der Waals surface area contributed by atoms with Gasteiger partial charge in [0, 0.05) is 0 Å². The molecule has 1 fully saturated rings. The molecule has 1 aromatic rings. The molecule has 1 N–H and O–H groups in total. The lowest BCUT2D eigenvalue weighted by molar-refractivity contribution is -0.136. The van der Waals surface area contributed by atoms with Crippen LogP contribution in [0.2, 0.25) is 0 Å². The van der Waals surface area contributed by atoms with Gasteiger partial charge in [0.25, 0.3) is 0 Å². The van der Waals surface area contributed by atoms with Gasteiger partial charge in [0.1, 0.15) is 11.8 Å². The van der Waals surface area contributed by atoms with Gasteiger partial charge >= 0.3 is 5.97 Å². The molecule has 0 aromatic heterocycles. The lowest BCUT2D eigenvalue weighted by atomic mass is 10.2. The Morgan fingerprint density at radius 2 is 2.44 bits per heavy atom. The summed E-state index contributed by atoms with van der Waals surface area (Å²) in [4.78, 5) is 11.6. The van der Waals surface area contributed by atoms with Crippen LogP contribution in [0, 0.1) is 11.3 Å². The van der Waals surface area contributed by atoms with Crippen LogP contribution in [0.4, 0.5) is 0 Å². The molecule has 82 valence electrons. The Bertz CT molecular complexity index is 431. The molecular weight excluding hydrogens is 204 g/mol. The average Bonchev–Trinajstić information content (AvgIpc) is 2.83. The van der Waals surface area contributed by atoms with E-state index in [1.165, 1.54) is 0 Å². The monoisotopic (exact) mass is 216 g/mol. The van der Waals surface area contributed by atoms with E-state index in [9.17, 15) is 4.79 Å². The molecule has 1 aliphatic heterocycles. The molecule has 1 aromatic carbocycles. The number of esters is 1. The molecule has 1 heterocycles. The molecule has 0 amide bonds. The smallest absolute Gasteiger partial charge is 0.328 e. The first-order valence-corrected chi connectivity index (χ1v) is 5.25. The predicted octanol–water partition coefficient (Wildman–Crippen LogP) is 1.22. The zero-order valence-corrected chi connectivity index (χ0v) is 8.77. The third-order valence-electron chi connectivity index (χ3n) is 2.53. The Kier molecular flexibility index (Phi) is 3.18. The highest BCUT2D eigenvalue weighted by Crippen LogP contribution is 2.15. The third-order valence-corrected chi connectivity index (χ3v) is 2.53. The van der Waals surface area contributed by atoms with Crippen molar-refractivity contribution in [3.8, 4) is 11.8 Å². The SMILES string of the molecule is N#Cc1cccc(OC(=O)[C@@H]2CCCN2)c1. The van der Waals surface area contributed by atoms with Gasteiger partial charge < -0.3 is 10.1 Å². The van der Waals surface area contributed by atoms with Crippen LogP contribution in [0.15, 0.2) is 24.3 Å². The number of nitrogens with zero attached hydrogens (tertiary/aromatic N) is 1. The predicted molar refractivity (Wildman–Crippen MR) is 57.8 cm³/mol. The number of carbonyl (C=O) groups is 1. The van der Waals surface area contributed by atoms with Gasteiger partial charge in [0.15, 0.2) is 0 Å². The summed E-state index contributed by atoms with van der Waals surface area (Å²) in [5.41, 5.74) is 0.490. The molecular formula is C12H12N2O2. The molecule has 4 heteroatoms. The Labute approximate surface area is 93.8 Å². The molecule has 0 aliphatic carbocycles. The third kappa shape index (κ3) is 2.38. The zero-order chi connectivity index (χ0) is 11.4. The van der Waals surface area contributed by atoms with Crippen molar-refractivity contribution in [3.63, 3.8) is 0 Å². The second kappa shape index (κ2) is 4.77. The van der Waals surface area contributed by atoms with Gasteiger partial charge in [-0.15, -0.1) is 0 Å². The Balaban J connectivity index is 2.03. The minimum absolute atomic E-state index is 0.203. The van der Waals surface area contributed by atoms with E-state index in [0.717, 1.165) is 19.4 Å². The molecule has 4 nitrogen and oxygen atoms in total. The highest BCUT2D eigenvalue weighted by Gasteiger charge is 2.23. The largest absolute Gasteiger partial charge is 0.425 e. The molecule has 2 rings (SSSR count). The number of nitrogens with one attached hydrogen (secondary N) is 1. The summed E-state index contributed by atoms with van der Waals surface area (Å²) in [6.07, 6.45) is 1.81. The van der Waals surface area contributed by atoms with Crippen LogP contribution in [0.25, 0.3) is 0 Å². The van der Waals surface area contributed by atoms with Crippen LogP contribution in [0.1, 0.15) is 18.4 Å². The molecule has 0 radical (unpaired) electrons. The maximum absolute atomic E-state index is 11.6. The van der Waals surface area contributed by atoms with Gasteiger partial charge in [-0.3, -0.25) is 0 Å². The quantitative estimate of drug-likeness (QED) is 0.596. The van der Waals surface area contributed by atoms with E-state index < -0.39 is 0 Å². The van der Waals surface area contributed by atoms with Gasteiger partial charge in [0.05, 0.1) is 11.6 Å². The highest BCUT2D eigenvalue weighted by molar-refractivity contribution is 5.78. The minimum atomic E-state index is -0.271. The fourth-order valence-corrected chi connectivity index (χ4v) is 1.70. The number of carbonyl (C=O) groups excluding carboxylic acids is 1. The number of hydrogen-bond acceptors (Lipinski definition) is 4. The summed E-state index contributed by atoms with van der Waals surface area (Å²) in [5, 5.41) is 11.8. The molecule has 0 unspecified atom stereocenters. The molecule has 16 heavy (non-hydrogen) atoms. The van der Waals surface area contributed by atoms with Gasteiger partial charge in [0.2, 0.25) is 0 Å². The first-order chi connectivity index (χ1) is 7.79. The highest BCUT2D eigenvalue weighted by atomic mass is 16.5. The topological polar surface area (TPSA) is 62.1 Å². The van der Waals surface area contributed by atoms with Crippen molar-refractivity contribution in [1.29, 1.82) is 5.26 Å². The van der Waals surface area contributed by atoms with Gasteiger partial charge in [-0.1, -0.05) is 6.07 Å². The summed E-state index contributed by atoms with van der Waals surface area (Å²) in [6.45, 7) is 0.859. The second-order valence-corrected chi connectivity index (χ2v) is 3.71. The summed E-state index contributed by atoms with van der Waals surface area (Å²) >= 11 is 0. The van der Waals surface area contributed by atoms with Crippen molar-refractivity contribution in [3.05, 3.63) is 29.8 Å². The van der Waals surface area contributed by atoms with Crippen LogP contribution < -0.4 is 10.1 Å². The van der Waals surface area contributed by atoms with Crippen molar-refractivity contribution in [2.75, 3.05) is 6.54 Å². The van der Waals surface area contributed by atoms with E-state index in [2.05, 4.69) is 5.32 Å². The summed E-state index contributed by atoms with van der Waals surface area (Å²) < 4.78 is 5.19. The van der Waals surface area contributed by atoms with Crippen molar-refractivity contribution < 1.29 is 9.53 Å². The van der Waals surface area contributed by atoms with E-state index in [4.69, 9.17) is 10.00 Å². The van der Waals surface area contributed by atoms with Crippen LogP contribution in [-0.2, 0) is 4.79 Å². The molecule has 0 saturated carbocycles. The molecule has 1 saturated heterocycles. The van der Waals surface area contributed by atoms with E-state index in [1.807, 2.05) is 6.07 Å². The fraction of sp³-hybridized carbons (Fsp3) is 0.333. The van der Waals surface area contributed by atoms with Gasteiger partial charge in [-0.05, 0) is 37.6 Å². The van der Waals surface area contributed by atoms with Crippen LogP contribution in [-0.4, -0.2) is 18.6 Å². The number of benzene rings is 1. The van der Waals surface area contributed by atoms with E-state index >= 15 is 0 Å². The van der Waals surface area contributed by atoms with Crippen LogP contribution in [0.5, 0.6) is 5.75 Å². The Hall–Kier alpha value is -1.86. The zero-order valence-electron chi connectivity index (χ0n) is 8.77. The maximum Gasteiger partial charge on any atom is 0.328 e. The first-order valence-electron chi connectivity index (χ1n) is 5.25. The molecule has 1 atom stereocenters.